The first-order valence-electron chi connectivity index (χ1n) is 8.27. The summed E-state index contributed by atoms with van der Waals surface area (Å²) in [5, 5.41) is 0. The molecule has 5 nitrogen and oxygen atoms in total. The van der Waals surface area contributed by atoms with Crippen molar-refractivity contribution in [3.8, 4) is 0 Å². The molecule has 2 aromatic carbocycles. The third-order valence-electron chi connectivity index (χ3n) is 4.90. The number of aromatic amines is 2. The van der Waals surface area contributed by atoms with Crippen LogP contribution in [0.15, 0.2) is 64.0 Å². The minimum atomic E-state index is -0.203. The molecule has 0 unspecified atom stereocenters. The van der Waals surface area contributed by atoms with E-state index in [0.29, 0.717) is 0 Å². The molecule has 1 aliphatic rings. The Labute approximate surface area is 145 Å². The van der Waals surface area contributed by atoms with Gasteiger partial charge in [-0.2, -0.15) is 0 Å². The molecule has 1 aliphatic heterocycles. The molecule has 0 atom stereocenters. The third kappa shape index (κ3) is 2.48. The SMILES string of the molecule is CN1C(=CC=Nc2ccc3[nH]c(=O)[nH]c3c2)C(C)(C)c2ccccc21. The van der Waals surface area contributed by atoms with E-state index in [1.807, 2.05) is 24.4 Å². The van der Waals surface area contributed by atoms with E-state index in [4.69, 9.17) is 0 Å². The normalized spacial score (nSPS) is 17.7. The number of benzene rings is 2. The van der Waals surface area contributed by atoms with Crippen LogP contribution in [0.25, 0.3) is 11.0 Å². The largest absolute Gasteiger partial charge is 0.347 e. The monoisotopic (exact) mass is 332 g/mol. The zero-order valence-electron chi connectivity index (χ0n) is 14.5. The van der Waals surface area contributed by atoms with Gasteiger partial charge in [-0.3, -0.25) is 4.99 Å². The van der Waals surface area contributed by atoms with Crippen LogP contribution in [0.3, 0.4) is 0 Å². The van der Waals surface area contributed by atoms with Gasteiger partial charge >= 0.3 is 5.69 Å². The van der Waals surface area contributed by atoms with Gasteiger partial charge in [0.15, 0.2) is 0 Å². The Bertz CT molecular complexity index is 1070. The summed E-state index contributed by atoms with van der Waals surface area (Å²) in [6.07, 6.45) is 3.88. The molecule has 0 bridgehead atoms. The van der Waals surface area contributed by atoms with Crippen molar-refractivity contribution in [3.63, 3.8) is 0 Å². The molecule has 0 saturated carbocycles. The zero-order chi connectivity index (χ0) is 17.6. The Morgan fingerprint density at radius 1 is 1.08 bits per heavy atom. The number of imidazole rings is 1. The third-order valence-corrected chi connectivity index (χ3v) is 4.90. The second kappa shape index (κ2) is 5.48. The van der Waals surface area contributed by atoms with E-state index in [0.717, 1.165) is 16.7 Å². The van der Waals surface area contributed by atoms with Gasteiger partial charge in [-0.15, -0.1) is 0 Å². The van der Waals surface area contributed by atoms with Gasteiger partial charge < -0.3 is 14.9 Å². The van der Waals surface area contributed by atoms with Crippen LogP contribution in [0.5, 0.6) is 0 Å². The lowest BCUT2D eigenvalue weighted by molar-refractivity contribution is 0.641. The van der Waals surface area contributed by atoms with E-state index >= 15 is 0 Å². The molecule has 0 amide bonds. The molecule has 5 heteroatoms. The molecule has 3 aromatic rings. The van der Waals surface area contributed by atoms with Gasteiger partial charge in [0.25, 0.3) is 0 Å². The van der Waals surface area contributed by atoms with Crippen molar-refractivity contribution in [2.45, 2.75) is 19.3 Å². The summed E-state index contributed by atoms with van der Waals surface area (Å²) in [6, 6.07) is 14.1. The molecule has 4 rings (SSSR count). The van der Waals surface area contributed by atoms with Crippen LogP contribution < -0.4 is 10.6 Å². The number of aromatic nitrogens is 2. The number of H-pyrrole nitrogens is 2. The topological polar surface area (TPSA) is 64.2 Å². The fraction of sp³-hybridized carbons (Fsp3) is 0.200. The first-order chi connectivity index (χ1) is 12.0. The van der Waals surface area contributed by atoms with Crippen molar-refractivity contribution < 1.29 is 0 Å². The van der Waals surface area contributed by atoms with E-state index in [1.54, 1.807) is 0 Å². The average Bonchev–Trinajstić information content (AvgIpc) is 3.05. The van der Waals surface area contributed by atoms with Gasteiger partial charge in [-0.05, 0) is 35.9 Å². The Morgan fingerprint density at radius 3 is 2.64 bits per heavy atom. The highest BCUT2D eigenvalue weighted by atomic mass is 16.1. The second-order valence-electron chi connectivity index (χ2n) is 6.84. The van der Waals surface area contributed by atoms with Crippen molar-refractivity contribution in [3.05, 3.63) is 70.3 Å². The first-order valence-corrected chi connectivity index (χ1v) is 8.27. The van der Waals surface area contributed by atoms with Gasteiger partial charge in [0.1, 0.15) is 0 Å². The minimum absolute atomic E-state index is 0.0623. The summed E-state index contributed by atoms with van der Waals surface area (Å²) >= 11 is 0. The molecular weight excluding hydrogens is 312 g/mol. The predicted molar refractivity (Wildman–Crippen MR) is 103 cm³/mol. The number of allylic oxidation sites excluding steroid dienone is 2. The quantitative estimate of drug-likeness (QED) is 0.700. The molecule has 2 N–H and O–H groups in total. The number of fused-ring (bicyclic) bond motifs is 2. The maximum atomic E-state index is 11.3. The molecule has 0 aliphatic carbocycles. The number of likely N-dealkylation sites (N-methyl/N-ethyl adjacent to an activating group) is 1. The zero-order valence-corrected chi connectivity index (χ0v) is 14.5. The number of aliphatic imine (C=N–C) groups is 1. The molecule has 0 spiro atoms. The van der Waals surface area contributed by atoms with Crippen LogP contribution >= 0.6 is 0 Å². The van der Waals surface area contributed by atoms with E-state index in [2.05, 4.69) is 71.1 Å². The van der Waals surface area contributed by atoms with Crippen LogP contribution in [-0.4, -0.2) is 23.2 Å². The Morgan fingerprint density at radius 2 is 1.84 bits per heavy atom. The Balaban J connectivity index is 1.66. The summed E-state index contributed by atoms with van der Waals surface area (Å²) < 4.78 is 0. The van der Waals surface area contributed by atoms with Gasteiger partial charge in [-0.25, -0.2) is 4.79 Å². The summed E-state index contributed by atoms with van der Waals surface area (Å²) in [5.41, 5.74) is 5.84. The highest BCUT2D eigenvalue weighted by Crippen LogP contribution is 2.46. The standard InChI is InChI=1S/C20H20N4O/c1-20(2)14-6-4-5-7-17(14)24(3)18(20)10-11-21-13-8-9-15-16(12-13)23-19(25)22-15/h4-12H,1-3H3,(H2,22,23,25). The predicted octanol–water partition coefficient (Wildman–Crippen LogP) is 3.87. The molecule has 2 heterocycles. The van der Waals surface area contributed by atoms with Gasteiger partial charge in [-0.1, -0.05) is 32.0 Å². The van der Waals surface area contributed by atoms with Crippen LogP contribution in [0, 0.1) is 0 Å². The maximum Gasteiger partial charge on any atom is 0.323 e. The average molecular weight is 332 g/mol. The minimum Gasteiger partial charge on any atom is -0.347 e. The second-order valence-corrected chi connectivity index (χ2v) is 6.84. The van der Waals surface area contributed by atoms with E-state index in [-0.39, 0.29) is 11.1 Å². The van der Waals surface area contributed by atoms with Gasteiger partial charge in [0.2, 0.25) is 0 Å². The lowest BCUT2D eigenvalue weighted by atomic mass is 9.84. The summed E-state index contributed by atoms with van der Waals surface area (Å²) in [6.45, 7) is 4.46. The number of anilines is 1. The lowest BCUT2D eigenvalue weighted by Gasteiger charge is -2.23. The molecule has 25 heavy (non-hydrogen) atoms. The number of hydrogen-bond donors (Lipinski definition) is 2. The fourth-order valence-corrected chi connectivity index (χ4v) is 3.60. The molecular formula is C20H20N4O. The molecule has 1 aromatic heterocycles. The van der Waals surface area contributed by atoms with E-state index in [9.17, 15) is 4.79 Å². The molecule has 0 saturated heterocycles. The van der Waals surface area contributed by atoms with Gasteiger partial charge in [0.05, 0.1) is 16.7 Å². The summed E-state index contributed by atoms with van der Waals surface area (Å²) in [7, 11) is 2.09. The summed E-state index contributed by atoms with van der Waals surface area (Å²) in [4.78, 5) is 23.6. The fourth-order valence-electron chi connectivity index (χ4n) is 3.60. The van der Waals surface area contributed by atoms with Crippen LogP contribution in [-0.2, 0) is 5.41 Å². The number of para-hydroxylation sites is 1. The maximum absolute atomic E-state index is 11.3. The van der Waals surface area contributed by atoms with Gasteiger partial charge in [0, 0.05) is 30.1 Å². The number of rotatable bonds is 2. The van der Waals surface area contributed by atoms with Crippen LogP contribution in [0.4, 0.5) is 11.4 Å². The highest BCUT2D eigenvalue weighted by Gasteiger charge is 2.37. The van der Waals surface area contributed by atoms with E-state index < -0.39 is 0 Å². The van der Waals surface area contributed by atoms with Crippen molar-refractivity contribution >= 4 is 28.6 Å². The van der Waals surface area contributed by atoms with E-state index in [1.165, 1.54) is 16.9 Å². The molecule has 0 radical (unpaired) electrons. The Kier molecular flexibility index (Phi) is 3.39. The molecule has 0 fully saturated rings. The van der Waals surface area contributed by atoms with Crippen molar-refractivity contribution in [2.75, 3.05) is 11.9 Å². The highest BCUT2D eigenvalue weighted by molar-refractivity contribution is 5.83. The van der Waals surface area contributed by atoms with Crippen molar-refractivity contribution in [1.82, 2.24) is 9.97 Å². The first kappa shape index (κ1) is 15.4. The van der Waals surface area contributed by atoms with Crippen LogP contribution in [0.2, 0.25) is 0 Å². The van der Waals surface area contributed by atoms with Crippen LogP contribution in [0.1, 0.15) is 19.4 Å². The van der Waals surface area contributed by atoms with Crippen molar-refractivity contribution in [1.29, 1.82) is 0 Å². The lowest BCUT2D eigenvalue weighted by Crippen LogP contribution is -2.22. The number of hydrogen-bond acceptors (Lipinski definition) is 3. The molecule has 126 valence electrons. The number of nitrogens with one attached hydrogen (secondary N) is 2. The van der Waals surface area contributed by atoms with Crippen molar-refractivity contribution in [2.24, 2.45) is 4.99 Å². The smallest absolute Gasteiger partial charge is 0.323 e. The summed E-state index contributed by atoms with van der Waals surface area (Å²) in [5.74, 6) is 0. The number of nitrogens with zero attached hydrogens (tertiary/aromatic N) is 2. The Hall–Kier alpha value is -3.08.